The Hall–Kier alpha value is -1.44. The van der Waals surface area contributed by atoms with Crippen molar-refractivity contribution in [2.24, 2.45) is 0 Å². The van der Waals surface area contributed by atoms with Gasteiger partial charge in [0.1, 0.15) is 0 Å². The van der Waals surface area contributed by atoms with Crippen molar-refractivity contribution < 1.29 is 8.42 Å². The van der Waals surface area contributed by atoms with Crippen molar-refractivity contribution in [1.82, 2.24) is 10.3 Å². The van der Waals surface area contributed by atoms with Gasteiger partial charge in [-0.25, -0.2) is 13.4 Å². The predicted octanol–water partition coefficient (Wildman–Crippen LogP) is 2.19. The van der Waals surface area contributed by atoms with E-state index in [2.05, 4.69) is 15.0 Å². The first-order valence-corrected chi connectivity index (χ1v) is 8.81. The zero-order valence-corrected chi connectivity index (χ0v) is 12.8. The monoisotopic (exact) mass is 311 g/mol. The highest BCUT2D eigenvalue weighted by Crippen LogP contribution is 2.15. The third-order valence-corrected chi connectivity index (χ3v) is 4.67. The largest absolute Gasteiger partial charge is 0.313 e. The number of nitrogens with zero attached hydrogens (tertiary/aromatic N) is 1. The van der Waals surface area contributed by atoms with E-state index in [4.69, 9.17) is 0 Å². The van der Waals surface area contributed by atoms with Gasteiger partial charge in [-0.05, 0) is 17.7 Å². The van der Waals surface area contributed by atoms with Crippen LogP contribution in [0.1, 0.15) is 18.1 Å². The lowest BCUT2D eigenvalue weighted by Gasteiger charge is -2.07. The van der Waals surface area contributed by atoms with Crippen LogP contribution in [0.5, 0.6) is 0 Å². The number of rotatable bonds is 7. The molecular weight excluding hydrogens is 294 g/mol. The first-order chi connectivity index (χ1) is 9.59. The summed E-state index contributed by atoms with van der Waals surface area (Å²) in [5.41, 5.74) is 1.90. The van der Waals surface area contributed by atoms with E-state index in [1.54, 1.807) is 11.6 Å². The van der Waals surface area contributed by atoms with E-state index < -0.39 is 10.0 Å². The molecule has 5 nitrogen and oxygen atoms in total. The van der Waals surface area contributed by atoms with Gasteiger partial charge in [0, 0.05) is 18.1 Å². The Morgan fingerprint density at radius 2 is 1.90 bits per heavy atom. The van der Waals surface area contributed by atoms with Crippen molar-refractivity contribution in [3.05, 3.63) is 47.0 Å². The standard InChI is InChI=1S/C13H17N3O2S2/c1-2-14-9-11-3-5-12(6-4-11)10-20(17,18)16-13-15-7-8-19-13/h3-8,14H,2,9-10H2,1H3,(H,15,16). The number of hydrogen-bond donors (Lipinski definition) is 2. The highest BCUT2D eigenvalue weighted by molar-refractivity contribution is 7.92. The number of anilines is 1. The van der Waals surface area contributed by atoms with Gasteiger partial charge in [-0.15, -0.1) is 11.3 Å². The summed E-state index contributed by atoms with van der Waals surface area (Å²) in [7, 11) is -3.41. The Morgan fingerprint density at radius 1 is 1.20 bits per heavy atom. The highest BCUT2D eigenvalue weighted by atomic mass is 32.2. The second-order valence-electron chi connectivity index (χ2n) is 4.30. The van der Waals surface area contributed by atoms with Crippen LogP contribution in [-0.2, 0) is 22.3 Å². The normalized spacial score (nSPS) is 11.4. The quantitative estimate of drug-likeness (QED) is 0.822. The number of hydrogen-bond acceptors (Lipinski definition) is 5. The minimum absolute atomic E-state index is 0.0476. The molecule has 0 radical (unpaired) electrons. The summed E-state index contributed by atoms with van der Waals surface area (Å²) in [6.07, 6.45) is 1.57. The van der Waals surface area contributed by atoms with Crippen LogP contribution in [0.25, 0.3) is 0 Å². The lowest BCUT2D eigenvalue weighted by Crippen LogP contribution is -2.15. The first kappa shape index (κ1) is 15.0. The molecular formula is C13H17N3O2S2. The van der Waals surface area contributed by atoms with Crippen molar-refractivity contribution in [3.63, 3.8) is 0 Å². The molecule has 2 N–H and O–H groups in total. The van der Waals surface area contributed by atoms with E-state index in [1.165, 1.54) is 11.3 Å². The summed E-state index contributed by atoms with van der Waals surface area (Å²) in [5, 5.41) is 5.35. The fraction of sp³-hybridized carbons (Fsp3) is 0.308. The van der Waals surface area contributed by atoms with Crippen LogP contribution < -0.4 is 10.0 Å². The van der Waals surface area contributed by atoms with Gasteiger partial charge in [0.05, 0.1) is 5.75 Å². The van der Waals surface area contributed by atoms with Gasteiger partial charge in [0.15, 0.2) is 5.13 Å². The molecule has 2 aromatic rings. The van der Waals surface area contributed by atoms with E-state index in [0.29, 0.717) is 5.13 Å². The van der Waals surface area contributed by atoms with Crippen molar-refractivity contribution in [2.45, 2.75) is 19.2 Å². The van der Waals surface area contributed by atoms with Crippen LogP contribution >= 0.6 is 11.3 Å². The molecule has 0 bridgehead atoms. The summed E-state index contributed by atoms with van der Waals surface area (Å²) < 4.78 is 26.4. The molecule has 0 aliphatic carbocycles. The third kappa shape index (κ3) is 4.59. The fourth-order valence-electron chi connectivity index (χ4n) is 1.69. The summed E-state index contributed by atoms with van der Waals surface area (Å²) in [4.78, 5) is 3.91. The molecule has 0 aliphatic rings. The van der Waals surface area contributed by atoms with Crippen molar-refractivity contribution in [1.29, 1.82) is 0 Å². The minimum atomic E-state index is -3.41. The molecule has 0 saturated heterocycles. The Kier molecular flexibility index (Phi) is 5.11. The molecule has 0 aliphatic heterocycles. The van der Waals surface area contributed by atoms with E-state index in [9.17, 15) is 8.42 Å². The van der Waals surface area contributed by atoms with Crippen LogP contribution in [-0.4, -0.2) is 19.9 Å². The molecule has 1 aromatic heterocycles. The van der Waals surface area contributed by atoms with Gasteiger partial charge in [-0.3, -0.25) is 4.72 Å². The molecule has 0 amide bonds. The van der Waals surface area contributed by atoms with E-state index in [1.807, 2.05) is 31.2 Å². The molecule has 0 saturated carbocycles. The van der Waals surface area contributed by atoms with E-state index in [0.717, 1.165) is 24.2 Å². The molecule has 1 heterocycles. The first-order valence-electron chi connectivity index (χ1n) is 6.27. The number of benzene rings is 1. The number of aromatic nitrogens is 1. The topological polar surface area (TPSA) is 71.1 Å². The lowest BCUT2D eigenvalue weighted by molar-refractivity contribution is 0.600. The number of nitrogens with one attached hydrogen (secondary N) is 2. The summed E-state index contributed by atoms with van der Waals surface area (Å²) >= 11 is 1.26. The van der Waals surface area contributed by atoms with Crippen LogP contribution in [0.4, 0.5) is 5.13 Å². The zero-order chi connectivity index (χ0) is 14.4. The SMILES string of the molecule is CCNCc1ccc(CS(=O)(=O)Nc2nccs2)cc1. The maximum absolute atomic E-state index is 12.0. The third-order valence-electron chi connectivity index (χ3n) is 2.63. The molecule has 0 spiro atoms. The van der Waals surface area contributed by atoms with Gasteiger partial charge >= 0.3 is 0 Å². The Morgan fingerprint density at radius 3 is 2.50 bits per heavy atom. The highest BCUT2D eigenvalue weighted by Gasteiger charge is 2.12. The maximum atomic E-state index is 12.0. The average Bonchev–Trinajstić information content (AvgIpc) is 2.89. The summed E-state index contributed by atoms with van der Waals surface area (Å²) in [6, 6.07) is 7.56. The molecule has 108 valence electrons. The second kappa shape index (κ2) is 6.83. The Balaban J connectivity index is 1.98. The fourth-order valence-corrected chi connectivity index (χ4v) is 3.65. The van der Waals surface area contributed by atoms with Crippen molar-refractivity contribution in [2.75, 3.05) is 11.3 Å². The van der Waals surface area contributed by atoms with Gasteiger partial charge in [-0.1, -0.05) is 31.2 Å². The Bertz CT molecular complexity index is 622. The smallest absolute Gasteiger partial charge is 0.238 e. The lowest BCUT2D eigenvalue weighted by atomic mass is 10.1. The van der Waals surface area contributed by atoms with Gasteiger partial charge in [0.25, 0.3) is 0 Å². The van der Waals surface area contributed by atoms with Crippen LogP contribution in [0.2, 0.25) is 0 Å². The maximum Gasteiger partial charge on any atom is 0.238 e. The predicted molar refractivity (Wildman–Crippen MR) is 82.2 cm³/mol. The van der Waals surface area contributed by atoms with Crippen molar-refractivity contribution >= 4 is 26.5 Å². The number of sulfonamides is 1. The molecule has 0 fully saturated rings. The molecule has 7 heteroatoms. The molecule has 0 unspecified atom stereocenters. The molecule has 0 atom stereocenters. The second-order valence-corrected chi connectivity index (χ2v) is 6.91. The summed E-state index contributed by atoms with van der Waals surface area (Å²) in [5.74, 6) is -0.0476. The number of thiazole rings is 1. The van der Waals surface area contributed by atoms with E-state index >= 15 is 0 Å². The van der Waals surface area contributed by atoms with E-state index in [-0.39, 0.29) is 5.75 Å². The molecule has 1 aromatic carbocycles. The molecule has 2 rings (SSSR count). The van der Waals surface area contributed by atoms with Gasteiger partial charge in [-0.2, -0.15) is 0 Å². The Labute approximate surface area is 123 Å². The van der Waals surface area contributed by atoms with Gasteiger partial charge < -0.3 is 5.32 Å². The average molecular weight is 311 g/mol. The molecule has 20 heavy (non-hydrogen) atoms. The van der Waals surface area contributed by atoms with Gasteiger partial charge in [0.2, 0.25) is 10.0 Å². The minimum Gasteiger partial charge on any atom is -0.313 e. The summed E-state index contributed by atoms with van der Waals surface area (Å²) in [6.45, 7) is 3.75. The van der Waals surface area contributed by atoms with Crippen LogP contribution in [0.15, 0.2) is 35.8 Å². The van der Waals surface area contributed by atoms with Crippen LogP contribution in [0, 0.1) is 0 Å². The van der Waals surface area contributed by atoms with Crippen molar-refractivity contribution in [3.8, 4) is 0 Å². The van der Waals surface area contributed by atoms with Crippen LogP contribution in [0.3, 0.4) is 0 Å². The zero-order valence-electron chi connectivity index (χ0n) is 11.2.